The maximum absolute atomic E-state index is 12.7. The van der Waals surface area contributed by atoms with E-state index in [4.69, 9.17) is 9.15 Å². The predicted molar refractivity (Wildman–Crippen MR) is 113 cm³/mol. The Balaban J connectivity index is 1.56. The summed E-state index contributed by atoms with van der Waals surface area (Å²) in [5.74, 6) is -0.496. The van der Waals surface area contributed by atoms with E-state index in [1.54, 1.807) is 10.9 Å². The lowest BCUT2D eigenvalue weighted by molar-refractivity contribution is 0.0991. The summed E-state index contributed by atoms with van der Waals surface area (Å²) in [6.07, 6.45) is 3.20. The lowest BCUT2D eigenvalue weighted by Gasteiger charge is -2.33. The zero-order chi connectivity index (χ0) is 22.0. The van der Waals surface area contributed by atoms with E-state index in [1.807, 2.05) is 17.9 Å². The number of anilines is 2. The monoisotopic (exact) mass is 446 g/mol. The molecule has 12 heteroatoms. The number of nitrogens with zero attached hydrogens (tertiary/aromatic N) is 5. The topological polar surface area (TPSA) is 136 Å². The van der Waals surface area contributed by atoms with Crippen LogP contribution >= 0.6 is 11.3 Å². The van der Waals surface area contributed by atoms with Crippen LogP contribution < -0.4 is 20.6 Å². The highest BCUT2D eigenvalue weighted by molar-refractivity contribution is 7.17. The van der Waals surface area contributed by atoms with Gasteiger partial charge in [0.25, 0.3) is 5.91 Å². The molecule has 0 bridgehead atoms. The number of ether oxygens (including phenoxy) is 1. The van der Waals surface area contributed by atoms with Gasteiger partial charge in [-0.25, -0.2) is 9.48 Å². The molecule has 4 rings (SSSR count). The van der Waals surface area contributed by atoms with Crippen molar-refractivity contribution >= 4 is 28.1 Å². The molecule has 11 nitrogen and oxygen atoms in total. The van der Waals surface area contributed by atoms with Crippen LogP contribution in [0.15, 0.2) is 27.5 Å². The van der Waals surface area contributed by atoms with Crippen LogP contribution in [0, 0.1) is 12.8 Å². The average molecular weight is 446 g/mol. The number of methoxy groups -OCH3 is 1. The van der Waals surface area contributed by atoms with Gasteiger partial charge in [-0.15, -0.1) is 10.2 Å². The normalized spacial score (nSPS) is 14.6. The van der Waals surface area contributed by atoms with Gasteiger partial charge < -0.3 is 19.2 Å². The number of aromatic nitrogens is 4. The minimum Gasteiger partial charge on any atom is -0.488 e. The summed E-state index contributed by atoms with van der Waals surface area (Å²) in [5.41, 5.74) is 0.634. The number of hydrogen-bond donors (Lipinski definition) is 2. The van der Waals surface area contributed by atoms with E-state index in [1.165, 1.54) is 13.2 Å². The number of carbonyl (C=O) groups is 1. The van der Waals surface area contributed by atoms with E-state index in [0.29, 0.717) is 23.9 Å². The molecule has 0 radical (unpaired) electrons. The Morgan fingerprint density at radius 3 is 2.81 bits per heavy atom. The quantitative estimate of drug-likeness (QED) is 0.577. The molecular formula is C19H22N6O5S. The lowest BCUT2D eigenvalue weighted by atomic mass is 9.97. The largest absolute Gasteiger partial charge is 0.488 e. The Bertz CT molecular complexity index is 1130. The number of carbonyl (C=O) groups excluding carboxylic acids is 1. The predicted octanol–water partition coefficient (Wildman–Crippen LogP) is 1.46. The van der Waals surface area contributed by atoms with Crippen molar-refractivity contribution < 1.29 is 19.1 Å². The Labute approximate surface area is 181 Å². The van der Waals surface area contributed by atoms with E-state index < -0.39 is 11.5 Å². The fourth-order valence-corrected chi connectivity index (χ4v) is 4.20. The van der Waals surface area contributed by atoms with Gasteiger partial charge in [0.2, 0.25) is 16.0 Å². The van der Waals surface area contributed by atoms with Crippen LogP contribution in [0.2, 0.25) is 0 Å². The molecule has 0 saturated carbocycles. The molecule has 2 N–H and O–H groups in total. The van der Waals surface area contributed by atoms with Crippen LogP contribution in [0.1, 0.15) is 29.1 Å². The Morgan fingerprint density at radius 1 is 1.39 bits per heavy atom. The molecular weight excluding hydrogens is 424 g/mol. The van der Waals surface area contributed by atoms with Crippen LogP contribution in [0.5, 0.6) is 5.75 Å². The van der Waals surface area contributed by atoms with E-state index in [-0.39, 0.29) is 29.2 Å². The molecule has 1 amide bonds. The number of rotatable bonds is 6. The number of nitrogens with one attached hydrogen (secondary N) is 1. The molecule has 0 aliphatic carbocycles. The van der Waals surface area contributed by atoms with E-state index >= 15 is 0 Å². The van der Waals surface area contributed by atoms with Crippen molar-refractivity contribution in [2.45, 2.75) is 19.8 Å². The number of piperidine rings is 1. The molecule has 0 aromatic carbocycles. The van der Waals surface area contributed by atoms with Crippen molar-refractivity contribution in [2.75, 3.05) is 37.0 Å². The number of amides is 1. The Kier molecular flexibility index (Phi) is 6.00. The van der Waals surface area contributed by atoms with Crippen LogP contribution in [-0.2, 0) is 0 Å². The summed E-state index contributed by atoms with van der Waals surface area (Å²) in [5, 5.41) is 24.9. The third kappa shape index (κ3) is 4.30. The van der Waals surface area contributed by atoms with Crippen LogP contribution in [0.4, 0.5) is 10.8 Å². The summed E-state index contributed by atoms with van der Waals surface area (Å²) in [7, 11) is 1.38. The molecule has 4 heterocycles. The highest BCUT2D eigenvalue weighted by Gasteiger charge is 2.25. The minimum absolute atomic E-state index is 0.0476. The maximum atomic E-state index is 12.7. The molecule has 3 aromatic rings. The highest BCUT2D eigenvalue weighted by Crippen LogP contribution is 2.30. The summed E-state index contributed by atoms with van der Waals surface area (Å²) in [6.45, 7) is 3.28. The molecule has 1 aliphatic rings. The van der Waals surface area contributed by atoms with Crippen molar-refractivity contribution in [3.63, 3.8) is 0 Å². The summed E-state index contributed by atoms with van der Waals surface area (Å²) < 4.78 is 12.0. The minimum atomic E-state index is -0.737. The van der Waals surface area contributed by atoms with Gasteiger partial charge in [-0.05, 0) is 31.7 Å². The molecule has 0 spiro atoms. The van der Waals surface area contributed by atoms with Gasteiger partial charge in [-0.2, -0.15) is 5.10 Å². The zero-order valence-corrected chi connectivity index (χ0v) is 17.9. The van der Waals surface area contributed by atoms with Crippen molar-refractivity contribution in [3.8, 4) is 10.9 Å². The SMILES string of the molecule is COc1c(N2CCC(CO)CC2)cc(C(=O)Nc2nnc(-n3nccc3C)s2)oc1=O. The molecule has 1 fully saturated rings. The smallest absolute Gasteiger partial charge is 0.381 e. The second-order valence-electron chi connectivity index (χ2n) is 7.16. The van der Waals surface area contributed by atoms with Crippen LogP contribution in [0.3, 0.4) is 0 Å². The first-order valence-corrected chi connectivity index (χ1v) is 10.6. The fourth-order valence-electron chi connectivity index (χ4n) is 3.44. The number of hydrogen-bond acceptors (Lipinski definition) is 10. The van der Waals surface area contributed by atoms with Crippen molar-refractivity contribution in [2.24, 2.45) is 5.92 Å². The van der Waals surface area contributed by atoms with Crippen molar-refractivity contribution in [1.29, 1.82) is 0 Å². The van der Waals surface area contributed by atoms with Crippen LogP contribution in [0.25, 0.3) is 5.13 Å². The van der Waals surface area contributed by atoms with Gasteiger partial charge in [-0.3, -0.25) is 10.1 Å². The first-order chi connectivity index (χ1) is 15.0. The van der Waals surface area contributed by atoms with Gasteiger partial charge in [0, 0.05) is 37.7 Å². The van der Waals surface area contributed by atoms with Crippen molar-refractivity contribution in [1.82, 2.24) is 20.0 Å². The standard InChI is InChI=1S/C19H22N6O5S/c1-11-3-6-20-25(11)19-23-22-18(31-19)21-16(27)14-9-13(15(29-2)17(28)30-14)24-7-4-12(10-26)5-8-24/h3,6,9,12,26H,4-5,7-8,10H2,1-2H3,(H,21,22,27). The van der Waals surface area contributed by atoms with Gasteiger partial charge in [0.15, 0.2) is 5.76 Å². The number of aryl methyl sites for hydroxylation is 1. The van der Waals surface area contributed by atoms with Gasteiger partial charge in [0.1, 0.15) is 0 Å². The molecule has 31 heavy (non-hydrogen) atoms. The zero-order valence-electron chi connectivity index (χ0n) is 17.1. The Hall–Kier alpha value is -3.25. The first-order valence-electron chi connectivity index (χ1n) is 9.74. The van der Waals surface area contributed by atoms with E-state index in [9.17, 15) is 14.7 Å². The summed E-state index contributed by atoms with van der Waals surface area (Å²) in [6, 6.07) is 3.32. The summed E-state index contributed by atoms with van der Waals surface area (Å²) >= 11 is 1.14. The van der Waals surface area contributed by atoms with Crippen LogP contribution in [-0.4, -0.2) is 57.8 Å². The molecule has 0 atom stereocenters. The van der Waals surface area contributed by atoms with Crippen molar-refractivity contribution in [3.05, 3.63) is 40.2 Å². The molecule has 0 unspecified atom stereocenters. The maximum Gasteiger partial charge on any atom is 0.381 e. The van der Waals surface area contributed by atoms with Gasteiger partial charge in [-0.1, -0.05) is 11.3 Å². The fraction of sp³-hybridized carbons (Fsp3) is 0.421. The summed E-state index contributed by atoms with van der Waals surface area (Å²) in [4.78, 5) is 27.1. The second kappa shape index (κ2) is 8.86. The molecule has 1 saturated heterocycles. The highest BCUT2D eigenvalue weighted by atomic mass is 32.1. The molecule has 1 aliphatic heterocycles. The van der Waals surface area contributed by atoms with Gasteiger partial charge >= 0.3 is 5.63 Å². The van der Waals surface area contributed by atoms with Gasteiger partial charge in [0.05, 0.1) is 12.8 Å². The number of aliphatic hydroxyl groups is 1. The Morgan fingerprint density at radius 2 is 2.16 bits per heavy atom. The molecule has 164 valence electrons. The van der Waals surface area contributed by atoms with E-state index in [2.05, 4.69) is 20.6 Å². The first kappa shape index (κ1) is 21.0. The average Bonchev–Trinajstić information content (AvgIpc) is 3.41. The third-order valence-corrected chi connectivity index (χ3v) is 5.99. The lowest BCUT2D eigenvalue weighted by Crippen LogP contribution is -2.35. The second-order valence-corrected chi connectivity index (χ2v) is 8.11. The number of aliphatic hydroxyl groups excluding tert-OH is 1. The third-order valence-electron chi connectivity index (χ3n) is 5.18. The van der Waals surface area contributed by atoms with E-state index in [0.717, 1.165) is 29.9 Å². The molecule has 3 aromatic heterocycles.